The lowest BCUT2D eigenvalue weighted by molar-refractivity contribution is 0.0924. The first-order chi connectivity index (χ1) is 7.95. The molecule has 5 heteroatoms. The third-order valence-electron chi connectivity index (χ3n) is 2.58. The molecule has 1 aromatic carbocycles. The van der Waals surface area contributed by atoms with Gasteiger partial charge in [0.1, 0.15) is 11.6 Å². The molecule has 4 N–H and O–H groups in total. The van der Waals surface area contributed by atoms with Crippen molar-refractivity contribution in [1.82, 2.24) is 5.32 Å². The number of nitrogens with two attached hydrogens (primary N) is 1. The summed E-state index contributed by atoms with van der Waals surface area (Å²) >= 11 is 0. The molecular formula is C12H17FN2O2. The summed E-state index contributed by atoms with van der Waals surface area (Å²) < 4.78 is 13.0. The number of rotatable bonds is 4. The number of aromatic hydroxyl groups is 1. The number of phenols is 1. The van der Waals surface area contributed by atoms with Crippen LogP contribution in [0.25, 0.3) is 0 Å². The number of carbonyl (C=O) groups is 1. The number of phenolic OH excluding ortho intramolecular Hbond substituents is 1. The van der Waals surface area contributed by atoms with Gasteiger partial charge in [0.05, 0.1) is 5.56 Å². The summed E-state index contributed by atoms with van der Waals surface area (Å²) in [5, 5.41) is 12.1. The average molecular weight is 240 g/mol. The molecule has 1 amide bonds. The molecule has 0 aliphatic rings. The summed E-state index contributed by atoms with van der Waals surface area (Å²) in [5.74, 6) is -1.17. The highest BCUT2D eigenvalue weighted by Gasteiger charge is 2.18. The van der Waals surface area contributed by atoms with Gasteiger partial charge in [0.2, 0.25) is 0 Å². The zero-order valence-electron chi connectivity index (χ0n) is 9.90. The molecule has 0 heterocycles. The van der Waals surface area contributed by atoms with E-state index in [9.17, 15) is 14.3 Å². The monoisotopic (exact) mass is 240 g/mol. The largest absolute Gasteiger partial charge is 0.507 e. The quantitative estimate of drug-likeness (QED) is 0.741. The average Bonchev–Trinajstić information content (AvgIpc) is 2.28. The molecule has 1 unspecified atom stereocenters. The second kappa shape index (κ2) is 5.63. The predicted molar refractivity (Wildman–Crippen MR) is 63.2 cm³/mol. The van der Waals surface area contributed by atoms with Gasteiger partial charge in [0, 0.05) is 12.6 Å². The van der Waals surface area contributed by atoms with Crippen molar-refractivity contribution in [2.75, 3.05) is 6.54 Å². The molecule has 0 aliphatic heterocycles. The van der Waals surface area contributed by atoms with Crippen LogP contribution >= 0.6 is 0 Å². The topological polar surface area (TPSA) is 75.3 Å². The molecular weight excluding hydrogens is 223 g/mol. The molecule has 1 atom stereocenters. The predicted octanol–water partition coefficient (Wildman–Crippen LogP) is 1.24. The third-order valence-corrected chi connectivity index (χ3v) is 2.58. The van der Waals surface area contributed by atoms with Gasteiger partial charge in [-0.25, -0.2) is 4.39 Å². The zero-order valence-corrected chi connectivity index (χ0v) is 9.90. The first-order valence-electron chi connectivity index (χ1n) is 5.45. The number of amides is 1. The van der Waals surface area contributed by atoms with E-state index in [2.05, 4.69) is 5.32 Å². The summed E-state index contributed by atoms with van der Waals surface area (Å²) in [6.07, 6.45) is 0. The van der Waals surface area contributed by atoms with Crippen molar-refractivity contribution in [2.45, 2.75) is 19.9 Å². The Balaban J connectivity index is 2.86. The van der Waals surface area contributed by atoms with E-state index in [-0.39, 0.29) is 23.3 Å². The minimum absolute atomic E-state index is 0.0795. The van der Waals surface area contributed by atoms with E-state index >= 15 is 0 Å². The fourth-order valence-electron chi connectivity index (χ4n) is 1.43. The van der Waals surface area contributed by atoms with Crippen LogP contribution in [0.15, 0.2) is 18.2 Å². The lowest BCUT2D eigenvalue weighted by Gasteiger charge is -2.20. The van der Waals surface area contributed by atoms with E-state index in [1.807, 2.05) is 13.8 Å². The van der Waals surface area contributed by atoms with E-state index < -0.39 is 11.7 Å². The van der Waals surface area contributed by atoms with Crippen molar-refractivity contribution in [3.05, 3.63) is 29.6 Å². The molecule has 1 aromatic rings. The molecule has 0 fully saturated rings. The normalized spacial score (nSPS) is 12.5. The maximum atomic E-state index is 13.0. The Bertz CT molecular complexity index is 407. The summed E-state index contributed by atoms with van der Waals surface area (Å²) in [6, 6.07) is 3.04. The molecule has 94 valence electrons. The molecule has 1 rings (SSSR count). The first-order valence-corrected chi connectivity index (χ1v) is 5.45. The van der Waals surface area contributed by atoms with Crippen LogP contribution in [-0.2, 0) is 0 Å². The maximum absolute atomic E-state index is 13.0. The number of hydrogen-bond acceptors (Lipinski definition) is 3. The Labute approximate surface area is 99.6 Å². The highest BCUT2D eigenvalue weighted by Crippen LogP contribution is 2.18. The Morgan fingerprint density at radius 1 is 1.53 bits per heavy atom. The van der Waals surface area contributed by atoms with E-state index in [4.69, 9.17) is 5.73 Å². The molecule has 0 radical (unpaired) electrons. The van der Waals surface area contributed by atoms with Gasteiger partial charge in [-0.15, -0.1) is 0 Å². The lowest BCUT2D eigenvalue weighted by Crippen LogP contribution is -2.43. The van der Waals surface area contributed by atoms with Gasteiger partial charge in [-0.3, -0.25) is 4.79 Å². The Morgan fingerprint density at radius 2 is 2.18 bits per heavy atom. The smallest absolute Gasteiger partial charge is 0.255 e. The standard InChI is InChI=1S/C12H17FN2O2/c1-7(2)10(6-14)15-12(17)9-5-8(13)3-4-11(9)16/h3-5,7,10,16H,6,14H2,1-2H3,(H,15,17). The van der Waals surface area contributed by atoms with Crippen molar-refractivity contribution < 1.29 is 14.3 Å². The summed E-state index contributed by atoms with van der Waals surface area (Å²) in [6.45, 7) is 4.13. The van der Waals surface area contributed by atoms with E-state index in [0.29, 0.717) is 6.54 Å². The van der Waals surface area contributed by atoms with Gasteiger partial charge in [0.25, 0.3) is 5.91 Å². The Kier molecular flexibility index (Phi) is 4.45. The maximum Gasteiger partial charge on any atom is 0.255 e. The van der Waals surface area contributed by atoms with E-state index in [0.717, 1.165) is 18.2 Å². The van der Waals surface area contributed by atoms with Crippen LogP contribution in [0, 0.1) is 11.7 Å². The molecule has 0 bridgehead atoms. The van der Waals surface area contributed by atoms with E-state index in [1.165, 1.54) is 0 Å². The van der Waals surface area contributed by atoms with Gasteiger partial charge < -0.3 is 16.2 Å². The van der Waals surface area contributed by atoms with E-state index in [1.54, 1.807) is 0 Å². The Morgan fingerprint density at radius 3 is 2.71 bits per heavy atom. The fourth-order valence-corrected chi connectivity index (χ4v) is 1.43. The molecule has 0 saturated carbocycles. The van der Waals surface area contributed by atoms with Crippen LogP contribution in [-0.4, -0.2) is 23.6 Å². The van der Waals surface area contributed by atoms with Crippen molar-refractivity contribution in [1.29, 1.82) is 0 Å². The number of halogens is 1. The molecule has 0 spiro atoms. The highest BCUT2D eigenvalue weighted by atomic mass is 19.1. The highest BCUT2D eigenvalue weighted by molar-refractivity contribution is 5.97. The number of hydrogen-bond donors (Lipinski definition) is 3. The van der Waals surface area contributed by atoms with Crippen molar-refractivity contribution >= 4 is 5.91 Å². The Hall–Kier alpha value is -1.62. The zero-order chi connectivity index (χ0) is 13.0. The second-order valence-corrected chi connectivity index (χ2v) is 4.22. The van der Waals surface area contributed by atoms with Gasteiger partial charge >= 0.3 is 0 Å². The third kappa shape index (κ3) is 3.42. The summed E-state index contributed by atoms with van der Waals surface area (Å²) in [4.78, 5) is 11.8. The second-order valence-electron chi connectivity index (χ2n) is 4.22. The van der Waals surface area contributed by atoms with Gasteiger partial charge in [-0.05, 0) is 24.1 Å². The van der Waals surface area contributed by atoms with Crippen LogP contribution in [0.2, 0.25) is 0 Å². The first kappa shape index (κ1) is 13.4. The molecule has 17 heavy (non-hydrogen) atoms. The summed E-state index contributed by atoms with van der Waals surface area (Å²) in [5.41, 5.74) is 5.44. The van der Waals surface area contributed by atoms with Gasteiger partial charge in [-0.1, -0.05) is 13.8 Å². The minimum Gasteiger partial charge on any atom is -0.507 e. The number of carbonyl (C=O) groups excluding carboxylic acids is 1. The van der Waals surface area contributed by atoms with Crippen LogP contribution in [0.3, 0.4) is 0 Å². The van der Waals surface area contributed by atoms with Gasteiger partial charge in [0.15, 0.2) is 0 Å². The van der Waals surface area contributed by atoms with Crippen molar-refractivity contribution in [3.63, 3.8) is 0 Å². The minimum atomic E-state index is -0.568. The molecule has 4 nitrogen and oxygen atoms in total. The molecule has 0 aromatic heterocycles. The van der Waals surface area contributed by atoms with Crippen LogP contribution < -0.4 is 11.1 Å². The molecule has 0 aliphatic carbocycles. The van der Waals surface area contributed by atoms with Gasteiger partial charge in [-0.2, -0.15) is 0 Å². The van der Waals surface area contributed by atoms with Crippen LogP contribution in [0.5, 0.6) is 5.75 Å². The van der Waals surface area contributed by atoms with Crippen molar-refractivity contribution in [3.8, 4) is 5.75 Å². The fraction of sp³-hybridized carbons (Fsp3) is 0.417. The van der Waals surface area contributed by atoms with Crippen molar-refractivity contribution in [2.24, 2.45) is 11.7 Å². The lowest BCUT2D eigenvalue weighted by atomic mass is 10.0. The number of benzene rings is 1. The van der Waals surface area contributed by atoms with Crippen LogP contribution in [0.4, 0.5) is 4.39 Å². The summed E-state index contributed by atoms with van der Waals surface area (Å²) in [7, 11) is 0. The SMILES string of the molecule is CC(C)C(CN)NC(=O)c1cc(F)ccc1O. The van der Waals surface area contributed by atoms with Crippen LogP contribution in [0.1, 0.15) is 24.2 Å². The number of nitrogens with one attached hydrogen (secondary N) is 1. The molecule has 0 saturated heterocycles.